The van der Waals surface area contributed by atoms with Crippen LogP contribution in [-0.2, 0) is 38.2 Å². The van der Waals surface area contributed by atoms with E-state index in [0.717, 1.165) is 12.8 Å². The van der Waals surface area contributed by atoms with Crippen molar-refractivity contribution >= 4 is 41.2 Å². The second-order valence-electron chi connectivity index (χ2n) is 18.3. The molecule has 1 aliphatic heterocycles. The third-order valence-corrected chi connectivity index (χ3v) is 10.4. The molecule has 0 unspecified atom stereocenters. The van der Waals surface area contributed by atoms with Gasteiger partial charge in [0.2, 0.25) is 11.7 Å². The molecule has 3 amide bonds. The number of Topliss-reactive ketones (excluding diaryl/α,β-unsaturated/α-hetero) is 3. The molecule has 3 aliphatic rings. The van der Waals surface area contributed by atoms with E-state index >= 15 is 0 Å². The molecule has 0 aromatic carbocycles. The van der Waals surface area contributed by atoms with Gasteiger partial charge in [-0.2, -0.15) is 0 Å². The molecule has 0 aromatic rings. The number of esters is 2. The van der Waals surface area contributed by atoms with Crippen LogP contribution in [0, 0.1) is 40.4 Å². The average Bonchev–Trinajstić information content (AvgIpc) is 3.82. The molecule has 3 rings (SSSR count). The molecule has 1 saturated heterocycles. The zero-order valence-corrected chi connectivity index (χ0v) is 33.0. The minimum absolute atomic E-state index is 0.0148. The van der Waals surface area contributed by atoms with Crippen LogP contribution in [0.2, 0.25) is 0 Å². The smallest absolute Gasteiger partial charge is 0.329 e. The Bertz CT molecular complexity index is 1350. The Labute approximate surface area is 304 Å². The van der Waals surface area contributed by atoms with Gasteiger partial charge in [-0.15, -0.1) is 0 Å². The van der Waals surface area contributed by atoms with Crippen LogP contribution in [0.4, 0.5) is 4.79 Å². The van der Waals surface area contributed by atoms with Crippen LogP contribution in [0.15, 0.2) is 0 Å². The van der Waals surface area contributed by atoms with Gasteiger partial charge in [0, 0.05) is 31.7 Å². The number of nitrogens with zero attached hydrogens (tertiary/aromatic N) is 1. The zero-order chi connectivity index (χ0) is 38.8. The fourth-order valence-electron chi connectivity index (χ4n) is 7.35. The number of carbonyl (C=O) groups is 7. The maximum atomic E-state index is 14.4. The van der Waals surface area contributed by atoms with Gasteiger partial charge in [-0.1, -0.05) is 61.3 Å². The van der Waals surface area contributed by atoms with Gasteiger partial charge in [-0.05, 0) is 82.0 Å². The minimum Gasteiger partial charge on any atom is -0.461 e. The molecule has 2 aliphatic carbocycles. The van der Waals surface area contributed by atoms with E-state index in [4.69, 9.17) is 9.47 Å². The normalized spacial score (nSPS) is 22.8. The summed E-state index contributed by atoms with van der Waals surface area (Å²) in [6.45, 7) is 22.2. The maximum Gasteiger partial charge on any atom is 0.329 e. The molecular formula is C39H63N3O9. The molecule has 6 atom stereocenters. The molecule has 0 bridgehead atoms. The van der Waals surface area contributed by atoms with Crippen molar-refractivity contribution < 1.29 is 43.0 Å². The van der Waals surface area contributed by atoms with Crippen LogP contribution in [0.3, 0.4) is 0 Å². The number of likely N-dealkylation sites (tertiary alicyclic amines) is 1. The molecule has 0 aromatic heterocycles. The number of rotatable bonds is 17. The molecule has 12 nitrogen and oxygen atoms in total. The average molecular weight is 718 g/mol. The molecule has 51 heavy (non-hydrogen) atoms. The van der Waals surface area contributed by atoms with E-state index in [1.54, 1.807) is 53.4 Å². The van der Waals surface area contributed by atoms with E-state index < -0.39 is 70.5 Å². The summed E-state index contributed by atoms with van der Waals surface area (Å²) in [7, 11) is 0. The summed E-state index contributed by atoms with van der Waals surface area (Å²) < 4.78 is 10.6. The van der Waals surface area contributed by atoms with Crippen LogP contribution in [0.25, 0.3) is 0 Å². The van der Waals surface area contributed by atoms with Crippen molar-refractivity contribution in [2.45, 2.75) is 158 Å². The lowest BCUT2D eigenvalue weighted by atomic mass is 9.83. The van der Waals surface area contributed by atoms with Crippen molar-refractivity contribution in [1.29, 1.82) is 0 Å². The van der Waals surface area contributed by atoms with Gasteiger partial charge in [-0.3, -0.25) is 24.0 Å². The molecule has 288 valence electrons. The minimum atomic E-state index is -1.03. The van der Waals surface area contributed by atoms with Gasteiger partial charge in [0.15, 0.2) is 11.6 Å². The Morgan fingerprint density at radius 3 is 2.00 bits per heavy atom. The van der Waals surface area contributed by atoms with E-state index in [0.29, 0.717) is 13.0 Å². The largest absolute Gasteiger partial charge is 0.461 e. The summed E-state index contributed by atoms with van der Waals surface area (Å²) in [6.07, 6.45) is 1.88. The molecule has 2 N–H and O–H groups in total. The first-order valence-electron chi connectivity index (χ1n) is 18.7. The summed E-state index contributed by atoms with van der Waals surface area (Å²) in [5.41, 5.74) is -1.59. The first-order chi connectivity index (χ1) is 23.3. The number of carbonyl (C=O) groups excluding carboxylic acids is 7. The Kier molecular flexibility index (Phi) is 13.3. The molecule has 12 heteroatoms. The lowest BCUT2D eigenvalue weighted by Gasteiger charge is -2.38. The van der Waals surface area contributed by atoms with Crippen LogP contribution in [0.1, 0.15) is 128 Å². The maximum absolute atomic E-state index is 14.4. The molecular weight excluding hydrogens is 654 g/mol. The standard InChI is InChI=1S/C39H63N3O9/c1-21(2)30(35(48)50-22(3)4)40-36(49)41-33(37(5,6)7)34(47)42-20-25-29(39(25,11)12)31(42)27(44)19-24(18-23-16-17-23)32(46)26(43)14-13-15-28(45)51-38(8,9)10/h21-25,29-31,33H,13-20H2,1-12H3,(H2,40,41,49)/t24-,25+,29+,30+,31-,33-/m1/s1. The fourth-order valence-corrected chi connectivity index (χ4v) is 7.35. The third kappa shape index (κ3) is 11.3. The van der Waals surface area contributed by atoms with E-state index in [1.165, 1.54) is 0 Å². The number of amides is 3. The fraction of sp³-hybridized carbons (Fsp3) is 0.821. The first-order valence-corrected chi connectivity index (χ1v) is 18.7. The monoisotopic (exact) mass is 717 g/mol. The lowest BCUT2D eigenvalue weighted by molar-refractivity contribution is -0.155. The first kappa shape index (κ1) is 42.1. The summed E-state index contributed by atoms with van der Waals surface area (Å²) in [5.74, 6) is -3.69. The van der Waals surface area contributed by atoms with Crippen LogP contribution in [-0.4, -0.2) is 82.5 Å². The second-order valence-corrected chi connectivity index (χ2v) is 18.3. The number of piperidine rings is 1. The van der Waals surface area contributed by atoms with E-state index in [-0.39, 0.29) is 66.7 Å². The number of hydrogen-bond donors (Lipinski definition) is 2. The number of fused-ring (bicyclic) bond motifs is 1. The van der Waals surface area contributed by atoms with Crippen LogP contribution < -0.4 is 10.6 Å². The Morgan fingerprint density at radius 2 is 1.49 bits per heavy atom. The van der Waals surface area contributed by atoms with Crippen molar-refractivity contribution in [1.82, 2.24) is 15.5 Å². The van der Waals surface area contributed by atoms with Crippen molar-refractivity contribution in [3.05, 3.63) is 0 Å². The topological polar surface area (TPSA) is 165 Å². The molecule has 3 fully saturated rings. The van der Waals surface area contributed by atoms with Crippen molar-refractivity contribution in [3.63, 3.8) is 0 Å². The number of ketones is 3. The van der Waals surface area contributed by atoms with Crippen LogP contribution >= 0.6 is 0 Å². The zero-order valence-electron chi connectivity index (χ0n) is 33.0. The summed E-state index contributed by atoms with van der Waals surface area (Å²) in [5, 5.41) is 5.47. The van der Waals surface area contributed by atoms with Gasteiger partial charge in [-0.25, -0.2) is 9.59 Å². The van der Waals surface area contributed by atoms with Crippen LogP contribution in [0.5, 0.6) is 0 Å². The number of ether oxygens (including phenoxy) is 2. The molecule has 1 heterocycles. The Morgan fingerprint density at radius 1 is 0.882 bits per heavy atom. The summed E-state index contributed by atoms with van der Waals surface area (Å²) >= 11 is 0. The quantitative estimate of drug-likeness (QED) is 0.152. The predicted octanol–water partition coefficient (Wildman–Crippen LogP) is 5.19. The van der Waals surface area contributed by atoms with E-state index in [1.807, 2.05) is 20.8 Å². The highest BCUT2D eigenvalue weighted by atomic mass is 16.6. The SMILES string of the molecule is CC(C)OC(=O)[C@@H](NC(=O)N[C@H](C(=O)N1C[C@H]2[C@@H]([C@H]1C(=O)C[C@@H](CC1CC1)C(=O)C(=O)CCCC(=O)OC(C)(C)C)C2(C)C)C(C)(C)C)C(C)C. The number of urea groups is 1. The Balaban J connectivity index is 1.76. The molecule has 0 radical (unpaired) electrons. The van der Waals surface area contributed by atoms with Gasteiger partial charge >= 0.3 is 18.0 Å². The van der Waals surface area contributed by atoms with Gasteiger partial charge in [0.1, 0.15) is 17.7 Å². The van der Waals surface area contributed by atoms with Gasteiger partial charge < -0.3 is 25.0 Å². The molecule has 2 saturated carbocycles. The highest BCUT2D eigenvalue weighted by Gasteiger charge is 2.69. The highest BCUT2D eigenvalue weighted by molar-refractivity contribution is 6.38. The number of nitrogens with one attached hydrogen (secondary N) is 2. The van der Waals surface area contributed by atoms with Crippen molar-refractivity contribution in [3.8, 4) is 0 Å². The second kappa shape index (κ2) is 16.1. The van der Waals surface area contributed by atoms with Crippen molar-refractivity contribution in [2.24, 2.45) is 40.4 Å². The summed E-state index contributed by atoms with van der Waals surface area (Å²) in [6, 6.07) is -3.46. The van der Waals surface area contributed by atoms with E-state index in [9.17, 15) is 33.6 Å². The number of hydrogen-bond acceptors (Lipinski definition) is 9. The van der Waals surface area contributed by atoms with Gasteiger partial charge in [0.25, 0.3) is 0 Å². The third-order valence-electron chi connectivity index (χ3n) is 10.4. The highest BCUT2D eigenvalue weighted by Crippen LogP contribution is 2.65. The van der Waals surface area contributed by atoms with E-state index in [2.05, 4.69) is 24.5 Å². The molecule has 0 spiro atoms. The Hall–Kier alpha value is -3.31. The lowest BCUT2D eigenvalue weighted by Crippen LogP contribution is -2.61. The predicted molar refractivity (Wildman–Crippen MR) is 191 cm³/mol. The summed E-state index contributed by atoms with van der Waals surface area (Å²) in [4.78, 5) is 94.9. The van der Waals surface area contributed by atoms with Gasteiger partial charge in [0.05, 0.1) is 12.1 Å². The van der Waals surface area contributed by atoms with Crippen molar-refractivity contribution in [2.75, 3.05) is 6.54 Å².